The maximum absolute atomic E-state index is 15.7. The molecule has 0 heterocycles. The molecule has 0 aromatic heterocycles. The molecule has 1 amide bonds. The van der Waals surface area contributed by atoms with Crippen molar-refractivity contribution >= 4 is 18.0 Å². The largest absolute Gasteiger partial charge is 0.497 e. The molecule has 0 fully saturated rings. The number of alkyl halides is 1. The summed E-state index contributed by atoms with van der Waals surface area (Å²) < 4.78 is 34.7. The Kier molecular flexibility index (Phi) is 7.15. The van der Waals surface area contributed by atoms with Gasteiger partial charge >= 0.3 is 23.7 Å². The maximum Gasteiger partial charge on any atom is 0.408 e. The summed E-state index contributed by atoms with van der Waals surface area (Å²) in [7, 11) is 3.27. The van der Waals surface area contributed by atoms with Crippen LogP contribution in [0.25, 0.3) is 0 Å². The van der Waals surface area contributed by atoms with Gasteiger partial charge in [-0.2, -0.15) is 0 Å². The minimum atomic E-state index is -3.34. The molecule has 0 saturated heterocycles. The fraction of sp³-hybridized carbons (Fsp3) is 0.500. The molecular formula is C18H24FNO7. The summed E-state index contributed by atoms with van der Waals surface area (Å²) in [6.07, 6.45) is -1.03. The van der Waals surface area contributed by atoms with E-state index in [0.29, 0.717) is 5.75 Å². The van der Waals surface area contributed by atoms with Crippen molar-refractivity contribution < 1.29 is 37.7 Å². The van der Waals surface area contributed by atoms with Gasteiger partial charge in [0.1, 0.15) is 17.4 Å². The number of carbonyl (C=O) groups excluding carboxylic acids is 3. The van der Waals surface area contributed by atoms with Crippen LogP contribution in [-0.2, 0) is 23.8 Å². The lowest BCUT2D eigenvalue weighted by Crippen LogP contribution is -2.55. The molecule has 0 saturated carbocycles. The van der Waals surface area contributed by atoms with Gasteiger partial charge in [0.15, 0.2) is 0 Å². The Labute approximate surface area is 156 Å². The number of halogens is 1. The number of methoxy groups -OCH3 is 3. The van der Waals surface area contributed by atoms with Crippen molar-refractivity contribution in [2.75, 3.05) is 21.3 Å². The predicted molar refractivity (Wildman–Crippen MR) is 93.0 cm³/mol. The number of amides is 1. The molecule has 1 aromatic carbocycles. The third kappa shape index (κ3) is 5.32. The molecule has 0 spiro atoms. The van der Waals surface area contributed by atoms with Crippen LogP contribution in [0, 0.1) is 0 Å². The molecule has 1 atom stereocenters. The van der Waals surface area contributed by atoms with E-state index in [1.54, 1.807) is 20.8 Å². The van der Waals surface area contributed by atoms with Crippen LogP contribution in [0.1, 0.15) is 32.4 Å². The lowest BCUT2D eigenvalue weighted by Gasteiger charge is -2.31. The Morgan fingerprint density at radius 3 is 1.81 bits per heavy atom. The zero-order chi connectivity index (χ0) is 20.8. The van der Waals surface area contributed by atoms with Gasteiger partial charge < -0.3 is 24.3 Å². The second-order valence-corrected chi connectivity index (χ2v) is 6.55. The Morgan fingerprint density at radius 2 is 1.44 bits per heavy atom. The molecule has 1 N–H and O–H groups in total. The van der Waals surface area contributed by atoms with Crippen LogP contribution in [0.3, 0.4) is 0 Å². The molecule has 0 radical (unpaired) electrons. The molecule has 150 valence electrons. The summed E-state index contributed by atoms with van der Waals surface area (Å²) >= 11 is 0. The van der Waals surface area contributed by atoms with Gasteiger partial charge in [0.25, 0.3) is 0 Å². The van der Waals surface area contributed by atoms with Crippen molar-refractivity contribution in [3.05, 3.63) is 29.8 Å². The van der Waals surface area contributed by atoms with E-state index in [9.17, 15) is 14.4 Å². The van der Waals surface area contributed by atoms with Crippen LogP contribution in [0.2, 0.25) is 0 Å². The van der Waals surface area contributed by atoms with Crippen LogP contribution in [-0.4, -0.2) is 50.6 Å². The SMILES string of the molecule is COC(=O)C(F)(C(=O)OC)[C@@H](NC(=O)OC(C)(C)C)c1ccc(OC)cc1. The number of nitrogens with one attached hydrogen (secondary N) is 1. The van der Waals surface area contributed by atoms with Gasteiger partial charge in [0.2, 0.25) is 0 Å². The summed E-state index contributed by atoms with van der Waals surface area (Å²) in [5, 5.41) is 2.22. The number of benzene rings is 1. The standard InChI is InChI=1S/C18H24FNO7/c1-17(2,3)27-16(23)20-13(11-7-9-12(24-4)10-8-11)18(19,14(21)25-5)15(22)26-6/h7-10,13H,1-6H3,(H,20,23)/t13-/m0/s1. The first-order valence-corrected chi connectivity index (χ1v) is 7.98. The molecule has 0 unspecified atom stereocenters. The number of alkyl carbamates (subject to hydrolysis) is 1. The fourth-order valence-electron chi connectivity index (χ4n) is 2.25. The van der Waals surface area contributed by atoms with Gasteiger partial charge in [-0.3, -0.25) is 0 Å². The molecule has 1 rings (SSSR count). The molecule has 8 nitrogen and oxygen atoms in total. The Bertz CT molecular complexity index is 666. The zero-order valence-electron chi connectivity index (χ0n) is 16.1. The maximum atomic E-state index is 15.7. The first kappa shape index (κ1) is 22.2. The van der Waals surface area contributed by atoms with Crippen molar-refractivity contribution in [3.8, 4) is 5.75 Å². The van der Waals surface area contributed by atoms with Crippen LogP contribution < -0.4 is 10.1 Å². The fourth-order valence-corrected chi connectivity index (χ4v) is 2.25. The highest BCUT2D eigenvalue weighted by Crippen LogP contribution is 2.34. The number of hydrogen-bond acceptors (Lipinski definition) is 7. The molecule has 9 heteroatoms. The minimum Gasteiger partial charge on any atom is -0.497 e. The number of ether oxygens (including phenoxy) is 4. The number of hydrogen-bond donors (Lipinski definition) is 1. The lowest BCUT2D eigenvalue weighted by atomic mass is 9.89. The molecule has 0 aliphatic carbocycles. The highest BCUT2D eigenvalue weighted by Gasteiger charge is 2.57. The van der Waals surface area contributed by atoms with Crippen molar-refractivity contribution in [1.82, 2.24) is 5.32 Å². The summed E-state index contributed by atoms with van der Waals surface area (Å²) in [6, 6.07) is 3.97. The van der Waals surface area contributed by atoms with Gasteiger partial charge in [0.05, 0.1) is 21.3 Å². The summed E-state index contributed by atoms with van der Waals surface area (Å²) in [4.78, 5) is 36.5. The van der Waals surface area contributed by atoms with E-state index in [1.165, 1.54) is 31.4 Å². The quantitative estimate of drug-likeness (QED) is 0.456. The van der Waals surface area contributed by atoms with E-state index >= 15 is 4.39 Å². The highest BCUT2D eigenvalue weighted by molar-refractivity contribution is 6.05. The number of rotatable bonds is 6. The minimum absolute atomic E-state index is 0.0972. The highest BCUT2D eigenvalue weighted by atomic mass is 19.1. The smallest absolute Gasteiger partial charge is 0.408 e. The topological polar surface area (TPSA) is 100 Å². The monoisotopic (exact) mass is 385 g/mol. The number of carbonyl (C=O) groups is 3. The first-order valence-electron chi connectivity index (χ1n) is 7.98. The van der Waals surface area contributed by atoms with Gasteiger partial charge in [-0.25, -0.2) is 18.8 Å². The second-order valence-electron chi connectivity index (χ2n) is 6.55. The molecule has 0 bridgehead atoms. The molecule has 1 aromatic rings. The van der Waals surface area contributed by atoms with Gasteiger partial charge in [0, 0.05) is 0 Å². The van der Waals surface area contributed by atoms with Crippen LogP contribution >= 0.6 is 0 Å². The lowest BCUT2D eigenvalue weighted by molar-refractivity contribution is -0.174. The zero-order valence-corrected chi connectivity index (χ0v) is 16.1. The van der Waals surface area contributed by atoms with Crippen molar-refractivity contribution in [2.24, 2.45) is 0 Å². The summed E-state index contributed by atoms with van der Waals surface area (Å²) in [6.45, 7) is 4.83. The first-order chi connectivity index (χ1) is 12.5. The van der Waals surface area contributed by atoms with Crippen LogP contribution in [0.5, 0.6) is 5.75 Å². The second kappa shape index (κ2) is 8.70. The molecule has 27 heavy (non-hydrogen) atoms. The van der Waals surface area contributed by atoms with Crippen molar-refractivity contribution in [3.63, 3.8) is 0 Å². The van der Waals surface area contributed by atoms with Gasteiger partial charge in [-0.1, -0.05) is 12.1 Å². The Morgan fingerprint density at radius 1 is 0.963 bits per heavy atom. The van der Waals surface area contributed by atoms with E-state index in [4.69, 9.17) is 9.47 Å². The van der Waals surface area contributed by atoms with E-state index < -0.39 is 35.3 Å². The van der Waals surface area contributed by atoms with Crippen LogP contribution in [0.15, 0.2) is 24.3 Å². The average Bonchev–Trinajstić information content (AvgIpc) is 2.62. The molecule has 0 aliphatic heterocycles. The van der Waals surface area contributed by atoms with E-state index in [2.05, 4.69) is 14.8 Å². The predicted octanol–water partition coefficient (Wildman–Crippen LogP) is 2.32. The van der Waals surface area contributed by atoms with E-state index in [-0.39, 0.29) is 5.56 Å². The Balaban J connectivity index is 3.43. The summed E-state index contributed by atoms with van der Waals surface area (Å²) in [5.41, 5.74) is -4.13. The third-order valence-electron chi connectivity index (χ3n) is 3.47. The molecule has 0 aliphatic rings. The average molecular weight is 385 g/mol. The van der Waals surface area contributed by atoms with Crippen molar-refractivity contribution in [2.45, 2.75) is 38.1 Å². The summed E-state index contributed by atoms with van der Waals surface area (Å²) in [5.74, 6) is -2.59. The van der Waals surface area contributed by atoms with E-state index in [1.807, 2.05) is 0 Å². The van der Waals surface area contributed by atoms with Gasteiger partial charge in [-0.15, -0.1) is 0 Å². The van der Waals surface area contributed by atoms with Gasteiger partial charge in [-0.05, 0) is 38.5 Å². The Hall–Kier alpha value is -2.84. The van der Waals surface area contributed by atoms with Crippen LogP contribution in [0.4, 0.5) is 9.18 Å². The molecular weight excluding hydrogens is 361 g/mol. The van der Waals surface area contributed by atoms with E-state index in [0.717, 1.165) is 14.2 Å². The number of esters is 2. The third-order valence-corrected chi connectivity index (χ3v) is 3.47. The normalized spacial score (nSPS) is 12.6. The van der Waals surface area contributed by atoms with Crippen molar-refractivity contribution in [1.29, 1.82) is 0 Å².